The van der Waals surface area contributed by atoms with Gasteiger partial charge in [-0.25, -0.2) is 13.2 Å². The van der Waals surface area contributed by atoms with E-state index in [9.17, 15) is 13.2 Å². The molecule has 0 fully saturated rings. The van der Waals surface area contributed by atoms with E-state index in [1.165, 1.54) is 65.9 Å². The lowest BCUT2D eigenvalue weighted by Gasteiger charge is -2.07. The van der Waals surface area contributed by atoms with E-state index in [0.29, 0.717) is 16.0 Å². The summed E-state index contributed by atoms with van der Waals surface area (Å²) >= 11 is 4.86. The summed E-state index contributed by atoms with van der Waals surface area (Å²) in [4.78, 5) is 6.53. The van der Waals surface area contributed by atoms with Crippen LogP contribution in [0.25, 0.3) is 64.7 Å². The molecule has 0 N–H and O–H groups in total. The maximum absolute atomic E-state index is 14.3. The Morgan fingerprint density at radius 2 is 0.617 bits per heavy atom. The van der Waals surface area contributed by atoms with Gasteiger partial charge in [0.15, 0.2) is 0 Å². The van der Waals surface area contributed by atoms with Crippen molar-refractivity contribution >= 4 is 34.0 Å². The third-order valence-corrected chi connectivity index (χ3v) is 13.2. The number of halogens is 3. The second kappa shape index (κ2) is 19.1. The van der Waals surface area contributed by atoms with E-state index >= 15 is 0 Å². The second-order valence-electron chi connectivity index (χ2n) is 14.9. The minimum absolute atomic E-state index is 0.0592. The number of thiophene rings is 3. The molecule has 0 bridgehead atoms. The van der Waals surface area contributed by atoms with E-state index in [1.807, 2.05) is 118 Å². The summed E-state index contributed by atoms with van der Waals surface area (Å²) in [5.74, 6) is -1.20. The fraction of sp³-hybridized carbons (Fsp3) is 0.111. The zero-order valence-electron chi connectivity index (χ0n) is 34.4. The highest BCUT2D eigenvalue weighted by Gasteiger charge is 2.16. The Bertz CT molecular complexity index is 2800. The molecule has 3 heterocycles. The van der Waals surface area contributed by atoms with Crippen molar-refractivity contribution in [1.82, 2.24) is 0 Å². The zero-order chi connectivity index (χ0) is 42.3. The van der Waals surface area contributed by atoms with E-state index in [4.69, 9.17) is 0 Å². The Balaban J connectivity index is 0.000000136. The molecule has 0 aliphatic heterocycles. The van der Waals surface area contributed by atoms with Gasteiger partial charge in [-0.05, 0) is 141 Å². The fourth-order valence-electron chi connectivity index (χ4n) is 6.67. The van der Waals surface area contributed by atoms with Gasteiger partial charge in [-0.2, -0.15) is 0 Å². The summed E-state index contributed by atoms with van der Waals surface area (Å²) in [6.07, 6.45) is 0. The SMILES string of the molecule is Cc1ccc(-c2cc(F)c(-c3ccc(C)s3)c(F)c2)cc1.Cc1ccc(-c2ccc(-c3ccc(C)s3)c(F)c2)cc1.Cc1ccc(-c2ccc(-c3ccc(C)s3)cc2)cc1. The topological polar surface area (TPSA) is 0 Å². The molecule has 0 atom stereocenters. The van der Waals surface area contributed by atoms with Crippen molar-refractivity contribution in [2.45, 2.75) is 41.5 Å². The highest BCUT2D eigenvalue weighted by atomic mass is 32.1. The molecule has 0 radical (unpaired) electrons. The van der Waals surface area contributed by atoms with Crippen LogP contribution < -0.4 is 0 Å². The molecule has 0 unspecified atom stereocenters. The lowest BCUT2D eigenvalue weighted by molar-refractivity contribution is 0.591. The quantitative estimate of drug-likeness (QED) is 0.156. The van der Waals surface area contributed by atoms with Gasteiger partial charge in [0.2, 0.25) is 0 Å². The maximum Gasteiger partial charge on any atom is 0.135 e. The van der Waals surface area contributed by atoms with Gasteiger partial charge in [0.1, 0.15) is 17.5 Å². The van der Waals surface area contributed by atoms with Crippen molar-refractivity contribution in [3.05, 3.63) is 213 Å². The molecular weight excluding hydrogens is 802 g/mol. The van der Waals surface area contributed by atoms with Crippen LogP contribution in [0.3, 0.4) is 0 Å². The van der Waals surface area contributed by atoms with Gasteiger partial charge in [0, 0.05) is 34.8 Å². The van der Waals surface area contributed by atoms with Crippen LogP contribution >= 0.6 is 34.0 Å². The maximum atomic E-state index is 14.3. The van der Waals surface area contributed by atoms with Gasteiger partial charge in [-0.15, -0.1) is 34.0 Å². The van der Waals surface area contributed by atoms with Crippen LogP contribution in [0.2, 0.25) is 0 Å². The molecule has 0 amide bonds. The van der Waals surface area contributed by atoms with Gasteiger partial charge in [0.05, 0.1) is 5.56 Å². The van der Waals surface area contributed by atoms with Crippen molar-refractivity contribution in [3.8, 4) is 64.7 Å². The van der Waals surface area contributed by atoms with Crippen molar-refractivity contribution in [2.24, 2.45) is 0 Å². The normalized spacial score (nSPS) is 10.8. The van der Waals surface area contributed by atoms with Crippen LogP contribution in [0.5, 0.6) is 0 Å². The fourth-order valence-corrected chi connectivity index (χ4v) is 9.36. The van der Waals surface area contributed by atoms with Crippen molar-refractivity contribution in [3.63, 3.8) is 0 Å². The Morgan fingerprint density at radius 1 is 0.283 bits per heavy atom. The molecule has 0 saturated carbocycles. The van der Waals surface area contributed by atoms with Crippen LogP contribution in [-0.2, 0) is 0 Å². The first-order valence-electron chi connectivity index (χ1n) is 19.7. The smallest absolute Gasteiger partial charge is 0.135 e. The molecule has 0 aliphatic carbocycles. The zero-order valence-corrected chi connectivity index (χ0v) is 36.9. The molecule has 9 aromatic rings. The van der Waals surface area contributed by atoms with E-state index in [0.717, 1.165) is 32.0 Å². The largest absolute Gasteiger partial charge is 0.206 e. The summed E-state index contributed by atoms with van der Waals surface area (Å²) in [5.41, 5.74) is 11.5. The number of benzene rings is 6. The van der Waals surface area contributed by atoms with Crippen LogP contribution in [0.4, 0.5) is 13.2 Å². The van der Waals surface area contributed by atoms with E-state index < -0.39 is 11.6 Å². The molecule has 0 saturated heterocycles. The predicted molar refractivity (Wildman–Crippen MR) is 254 cm³/mol. The van der Waals surface area contributed by atoms with E-state index in [1.54, 1.807) is 23.5 Å². The van der Waals surface area contributed by atoms with Crippen molar-refractivity contribution < 1.29 is 13.2 Å². The summed E-state index contributed by atoms with van der Waals surface area (Å²) < 4.78 is 43.0. The van der Waals surface area contributed by atoms with Gasteiger partial charge >= 0.3 is 0 Å². The lowest BCUT2D eigenvalue weighted by Crippen LogP contribution is -1.90. The van der Waals surface area contributed by atoms with Crippen LogP contribution in [0.1, 0.15) is 31.3 Å². The van der Waals surface area contributed by atoms with E-state index in [2.05, 4.69) is 74.5 Å². The molecule has 9 rings (SSSR count). The molecule has 0 nitrogen and oxygen atoms in total. The standard InChI is InChI=1S/C18H14F2S.C18H15FS.C18H16S/c1-11-3-6-13(7-4-11)14-9-15(19)18(16(20)10-14)17-8-5-12(2)21-17;1-12-3-6-14(7-4-12)15-8-9-16(17(19)11-15)18-10-5-13(2)20-18;1-13-3-6-15(7-4-13)16-8-10-17(11-9-16)18-12-5-14(2)19-18/h3-10H,1-2H3;3-11H,1-2H3;3-12H,1-2H3. The summed E-state index contributed by atoms with van der Waals surface area (Å²) in [6.45, 7) is 12.2. The van der Waals surface area contributed by atoms with Crippen molar-refractivity contribution in [2.75, 3.05) is 0 Å². The van der Waals surface area contributed by atoms with E-state index in [-0.39, 0.29) is 11.4 Å². The number of hydrogen-bond donors (Lipinski definition) is 0. The third-order valence-electron chi connectivity index (χ3n) is 10.1. The van der Waals surface area contributed by atoms with Crippen LogP contribution in [0.15, 0.2) is 164 Å². The van der Waals surface area contributed by atoms with Gasteiger partial charge in [0.25, 0.3) is 0 Å². The molecule has 60 heavy (non-hydrogen) atoms. The molecule has 300 valence electrons. The first kappa shape index (κ1) is 42.3. The molecule has 6 aromatic carbocycles. The van der Waals surface area contributed by atoms with Gasteiger partial charge in [-0.1, -0.05) is 120 Å². The second-order valence-corrected chi connectivity index (χ2v) is 18.8. The Morgan fingerprint density at radius 3 is 1.03 bits per heavy atom. The highest BCUT2D eigenvalue weighted by Crippen LogP contribution is 2.36. The Hall–Kier alpha value is -5.79. The highest BCUT2D eigenvalue weighted by molar-refractivity contribution is 7.16. The number of hydrogen-bond acceptors (Lipinski definition) is 3. The molecular formula is C54H45F3S3. The molecule has 0 spiro atoms. The first-order valence-corrected chi connectivity index (χ1v) is 22.2. The molecule has 6 heteroatoms. The monoisotopic (exact) mass is 846 g/mol. The molecule has 3 aromatic heterocycles. The average Bonchev–Trinajstić information content (AvgIpc) is 4.00. The Kier molecular flexibility index (Phi) is 13.5. The lowest BCUT2D eigenvalue weighted by atomic mass is 10.0. The van der Waals surface area contributed by atoms with Gasteiger partial charge in [-0.3, -0.25) is 0 Å². The third kappa shape index (κ3) is 10.5. The number of aryl methyl sites for hydroxylation is 6. The number of rotatable bonds is 6. The van der Waals surface area contributed by atoms with Gasteiger partial charge < -0.3 is 0 Å². The van der Waals surface area contributed by atoms with Crippen LogP contribution in [-0.4, -0.2) is 0 Å². The van der Waals surface area contributed by atoms with Crippen LogP contribution in [0, 0.1) is 59.0 Å². The average molecular weight is 847 g/mol. The minimum atomic E-state index is -0.521. The minimum Gasteiger partial charge on any atom is -0.206 e. The summed E-state index contributed by atoms with van der Waals surface area (Å²) in [6, 6.07) is 53.5. The molecule has 0 aliphatic rings. The van der Waals surface area contributed by atoms with Crippen molar-refractivity contribution in [1.29, 1.82) is 0 Å². The Labute approximate surface area is 364 Å². The summed E-state index contributed by atoms with van der Waals surface area (Å²) in [7, 11) is 0. The predicted octanol–water partition coefficient (Wildman–Crippen LogP) is 17.5. The summed E-state index contributed by atoms with van der Waals surface area (Å²) in [5, 5.41) is 0. The first-order chi connectivity index (χ1) is 28.9.